The summed E-state index contributed by atoms with van der Waals surface area (Å²) in [6, 6.07) is 5.30. The maximum absolute atomic E-state index is 6.11. The maximum Gasteiger partial charge on any atom is 0.218 e. The van der Waals surface area contributed by atoms with Crippen LogP contribution in [-0.2, 0) is 7.05 Å². The van der Waals surface area contributed by atoms with Gasteiger partial charge in [-0.05, 0) is 12.1 Å². The lowest BCUT2D eigenvalue weighted by molar-refractivity contribution is 0.390. The van der Waals surface area contributed by atoms with Crippen LogP contribution in [0.2, 0.25) is 0 Å². The lowest BCUT2D eigenvalue weighted by Gasteiger charge is -2.12. The zero-order chi connectivity index (χ0) is 11.5. The molecule has 2 aromatic rings. The molecule has 1 atom stereocenters. The summed E-state index contributed by atoms with van der Waals surface area (Å²) in [5.41, 5.74) is 7.75. The summed E-state index contributed by atoms with van der Waals surface area (Å²) >= 11 is 0. The average Bonchev–Trinajstić information content (AvgIpc) is 2.75. The van der Waals surface area contributed by atoms with E-state index in [1.54, 1.807) is 18.0 Å². The molecule has 1 unspecified atom stereocenters. The van der Waals surface area contributed by atoms with E-state index in [1.165, 1.54) is 0 Å². The van der Waals surface area contributed by atoms with Crippen LogP contribution in [0.5, 0.6) is 5.88 Å². The Morgan fingerprint density at radius 3 is 2.88 bits per heavy atom. The Balaban J connectivity index is 2.36. The Morgan fingerprint density at radius 2 is 2.25 bits per heavy atom. The number of nitrogens with zero attached hydrogens (tertiary/aromatic N) is 3. The summed E-state index contributed by atoms with van der Waals surface area (Å²) in [5.74, 6) is 0.542. The van der Waals surface area contributed by atoms with E-state index in [2.05, 4.69) is 10.1 Å². The number of aromatic nitrogens is 3. The van der Waals surface area contributed by atoms with Crippen LogP contribution in [0, 0.1) is 0 Å². The highest BCUT2D eigenvalue weighted by Gasteiger charge is 2.16. The summed E-state index contributed by atoms with van der Waals surface area (Å²) in [6.07, 6.45) is 3.53. The number of aryl methyl sites for hydroxylation is 1. The Kier molecular flexibility index (Phi) is 2.87. The quantitative estimate of drug-likeness (QED) is 0.830. The fourth-order valence-electron chi connectivity index (χ4n) is 1.57. The van der Waals surface area contributed by atoms with E-state index in [-0.39, 0.29) is 6.04 Å². The third kappa shape index (κ3) is 1.90. The number of nitrogens with two attached hydrogens (primary N) is 1. The van der Waals surface area contributed by atoms with Crippen molar-refractivity contribution in [2.45, 2.75) is 6.04 Å². The molecule has 0 aliphatic rings. The predicted molar refractivity (Wildman–Crippen MR) is 60.0 cm³/mol. The fourth-order valence-corrected chi connectivity index (χ4v) is 1.57. The van der Waals surface area contributed by atoms with Gasteiger partial charge in [-0.15, -0.1) is 0 Å². The van der Waals surface area contributed by atoms with Gasteiger partial charge in [0.15, 0.2) is 0 Å². The van der Waals surface area contributed by atoms with Crippen molar-refractivity contribution in [3.05, 3.63) is 41.9 Å². The normalized spacial score (nSPS) is 12.4. The molecule has 0 saturated heterocycles. The van der Waals surface area contributed by atoms with E-state index in [0.717, 1.165) is 11.3 Å². The molecule has 5 nitrogen and oxygen atoms in total. The van der Waals surface area contributed by atoms with Crippen LogP contribution < -0.4 is 10.5 Å². The highest BCUT2D eigenvalue weighted by atomic mass is 16.5. The monoisotopic (exact) mass is 218 g/mol. The van der Waals surface area contributed by atoms with E-state index in [1.807, 2.05) is 31.4 Å². The molecule has 2 rings (SSSR count). The van der Waals surface area contributed by atoms with E-state index < -0.39 is 0 Å². The van der Waals surface area contributed by atoms with Crippen LogP contribution in [0.15, 0.2) is 30.6 Å². The average molecular weight is 218 g/mol. The highest BCUT2D eigenvalue weighted by Crippen LogP contribution is 2.24. The van der Waals surface area contributed by atoms with Crippen molar-refractivity contribution >= 4 is 0 Å². The third-order valence-electron chi connectivity index (χ3n) is 2.38. The van der Waals surface area contributed by atoms with Crippen molar-refractivity contribution in [3.8, 4) is 5.88 Å². The molecule has 0 radical (unpaired) electrons. The molecule has 0 amide bonds. The summed E-state index contributed by atoms with van der Waals surface area (Å²) in [6.45, 7) is 0. The van der Waals surface area contributed by atoms with Crippen LogP contribution in [0.1, 0.15) is 17.3 Å². The minimum atomic E-state index is -0.315. The molecule has 0 aromatic carbocycles. The SMILES string of the molecule is COc1ncccc1C(N)c1ccn(C)n1. The minimum absolute atomic E-state index is 0.315. The molecule has 16 heavy (non-hydrogen) atoms. The first-order valence-corrected chi connectivity index (χ1v) is 4.96. The highest BCUT2D eigenvalue weighted by molar-refractivity contribution is 5.33. The molecule has 5 heteroatoms. The molecular weight excluding hydrogens is 204 g/mol. The zero-order valence-electron chi connectivity index (χ0n) is 9.29. The van der Waals surface area contributed by atoms with Gasteiger partial charge in [0.25, 0.3) is 0 Å². The number of methoxy groups -OCH3 is 1. The second kappa shape index (κ2) is 4.32. The molecule has 0 bridgehead atoms. The lowest BCUT2D eigenvalue weighted by Crippen LogP contribution is -2.14. The topological polar surface area (TPSA) is 66.0 Å². The van der Waals surface area contributed by atoms with Gasteiger partial charge < -0.3 is 10.5 Å². The number of ether oxygens (including phenoxy) is 1. The molecule has 0 aliphatic carbocycles. The molecule has 0 fully saturated rings. The fraction of sp³-hybridized carbons (Fsp3) is 0.273. The minimum Gasteiger partial charge on any atom is -0.481 e. The van der Waals surface area contributed by atoms with Crippen molar-refractivity contribution < 1.29 is 4.74 Å². The maximum atomic E-state index is 6.11. The first-order chi connectivity index (χ1) is 7.72. The largest absolute Gasteiger partial charge is 0.481 e. The van der Waals surface area contributed by atoms with Crippen LogP contribution in [0.3, 0.4) is 0 Å². The lowest BCUT2D eigenvalue weighted by atomic mass is 10.1. The number of hydrogen-bond acceptors (Lipinski definition) is 4. The first-order valence-electron chi connectivity index (χ1n) is 4.96. The third-order valence-corrected chi connectivity index (χ3v) is 2.38. The van der Waals surface area contributed by atoms with Crippen molar-refractivity contribution in [1.82, 2.24) is 14.8 Å². The Labute approximate surface area is 93.9 Å². The van der Waals surface area contributed by atoms with E-state index in [0.29, 0.717) is 5.88 Å². The van der Waals surface area contributed by atoms with Gasteiger partial charge in [0, 0.05) is 25.0 Å². The summed E-state index contributed by atoms with van der Waals surface area (Å²) < 4.78 is 6.89. The van der Waals surface area contributed by atoms with Gasteiger partial charge >= 0.3 is 0 Å². The van der Waals surface area contributed by atoms with Crippen molar-refractivity contribution in [1.29, 1.82) is 0 Å². The van der Waals surface area contributed by atoms with E-state index in [9.17, 15) is 0 Å². The van der Waals surface area contributed by atoms with E-state index >= 15 is 0 Å². The Morgan fingerprint density at radius 1 is 1.44 bits per heavy atom. The molecule has 2 N–H and O–H groups in total. The van der Waals surface area contributed by atoms with Crippen molar-refractivity contribution in [3.63, 3.8) is 0 Å². The number of rotatable bonds is 3. The van der Waals surface area contributed by atoms with Gasteiger partial charge in [0.2, 0.25) is 5.88 Å². The van der Waals surface area contributed by atoms with Crippen LogP contribution >= 0.6 is 0 Å². The zero-order valence-corrected chi connectivity index (χ0v) is 9.29. The number of pyridine rings is 1. The molecule has 0 saturated carbocycles. The molecule has 84 valence electrons. The van der Waals surface area contributed by atoms with Crippen molar-refractivity contribution in [2.75, 3.05) is 7.11 Å². The van der Waals surface area contributed by atoms with Gasteiger partial charge in [-0.25, -0.2) is 4.98 Å². The summed E-state index contributed by atoms with van der Waals surface area (Å²) in [7, 11) is 3.44. The molecule has 2 aromatic heterocycles. The van der Waals surface area contributed by atoms with Crippen LogP contribution in [0.25, 0.3) is 0 Å². The van der Waals surface area contributed by atoms with E-state index in [4.69, 9.17) is 10.5 Å². The smallest absolute Gasteiger partial charge is 0.218 e. The van der Waals surface area contributed by atoms with Crippen LogP contribution in [0.4, 0.5) is 0 Å². The van der Waals surface area contributed by atoms with Gasteiger partial charge in [-0.1, -0.05) is 6.07 Å². The molecule has 0 aliphatic heterocycles. The predicted octanol–water partition coefficient (Wildman–Crippen LogP) is 0.872. The first kappa shape index (κ1) is 10.6. The van der Waals surface area contributed by atoms with Gasteiger partial charge in [-0.3, -0.25) is 4.68 Å². The van der Waals surface area contributed by atoms with Gasteiger partial charge in [0.1, 0.15) is 0 Å². The van der Waals surface area contributed by atoms with Crippen LogP contribution in [-0.4, -0.2) is 21.9 Å². The summed E-state index contributed by atoms with van der Waals surface area (Å²) in [4.78, 5) is 4.11. The Hall–Kier alpha value is -1.88. The molecule has 0 spiro atoms. The second-order valence-electron chi connectivity index (χ2n) is 3.49. The van der Waals surface area contributed by atoms with Gasteiger partial charge in [0.05, 0.1) is 18.8 Å². The standard InChI is InChI=1S/C11H14N4O/c1-15-7-5-9(14-15)10(12)8-4-3-6-13-11(8)16-2/h3-7,10H,12H2,1-2H3. The number of hydrogen-bond donors (Lipinski definition) is 1. The summed E-state index contributed by atoms with van der Waals surface area (Å²) in [5, 5.41) is 4.27. The molecular formula is C11H14N4O. The Bertz CT molecular complexity index is 480. The molecule has 2 heterocycles. The van der Waals surface area contributed by atoms with Gasteiger partial charge in [-0.2, -0.15) is 5.10 Å². The second-order valence-corrected chi connectivity index (χ2v) is 3.49. The van der Waals surface area contributed by atoms with Crippen molar-refractivity contribution in [2.24, 2.45) is 12.8 Å².